The first-order valence-corrected chi connectivity index (χ1v) is 6.04. The summed E-state index contributed by atoms with van der Waals surface area (Å²) >= 11 is 6.02. The number of carbonyl (C=O) groups excluding carboxylic acids is 1. The number of benzene rings is 1. The van der Waals surface area contributed by atoms with E-state index in [1.54, 1.807) is 18.9 Å². The van der Waals surface area contributed by atoms with E-state index in [-0.39, 0.29) is 5.91 Å². The zero-order chi connectivity index (χ0) is 12.8. The Labute approximate surface area is 107 Å². The number of hydrogen-bond donors (Lipinski definition) is 1. The number of amides is 1. The highest BCUT2D eigenvalue weighted by Crippen LogP contribution is 2.16. The van der Waals surface area contributed by atoms with Crippen LogP contribution in [0.25, 0.3) is 0 Å². The molecule has 0 saturated heterocycles. The van der Waals surface area contributed by atoms with Gasteiger partial charge < -0.3 is 10.0 Å². The molecule has 1 rings (SSSR count). The lowest BCUT2D eigenvalue weighted by Gasteiger charge is -2.18. The Morgan fingerprint density at radius 3 is 2.71 bits per heavy atom. The van der Waals surface area contributed by atoms with Crippen LogP contribution in [0.15, 0.2) is 24.3 Å². The van der Waals surface area contributed by atoms with Gasteiger partial charge in [0.05, 0.1) is 6.10 Å². The SMILES string of the molecule is CC(O)CCC(=O)N(C)Cc1ccccc1Cl. The lowest BCUT2D eigenvalue weighted by atomic mass is 10.2. The molecule has 94 valence electrons. The molecule has 1 unspecified atom stereocenters. The van der Waals surface area contributed by atoms with E-state index in [0.29, 0.717) is 24.4 Å². The molecule has 1 aromatic rings. The molecule has 0 aliphatic carbocycles. The first-order chi connectivity index (χ1) is 8.00. The summed E-state index contributed by atoms with van der Waals surface area (Å²) in [6.45, 7) is 2.18. The molecule has 4 heteroatoms. The standard InChI is InChI=1S/C13H18ClNO2/c1-10(16)7-8-13(17)15(2)9-11-5-3-4-6-12(11)14/h3-6,10,16H,7-9H2,1-2H3. The lowest BCUT2D eigenvalue weighted by Crippen LogP contribution is -2.26. The minimum Gasteiger partial charge on any atom is -0.393 e. The smallest absolute Gasteiger partial charge is 0.222 e. The summed E-state index contributed by atoms with van der Waals surface area (Å²) in [7, 11) is 1.74. The van der Waals surface area contributed by atoms with E-state index in [1.165, 1.54) is 0 Å². The van der Waals surface area contributed by atoms with E-state index in [9.17, 15) is 4.79 Å². The molecule has 0 spiro atoms. The molecule has 0 radical (unpaired) electrons. The Morgan fingerprint density at radius 1 is 1.47 bits per heavy atom. The summed E-state index contributed by atoms with van der Waals surface area (Å²) in [4.78, 5) is 13.4. The van der Waals surface area contributed by atoms with Crippen molar-refractivity contribution in [3.8, 4) is 0 Å². The Bertz CT molecular complexity index is 379. The fraction of sp³-hybridized carbons (Fsp3) is 0.462. The quantitative estimate of drug-likeness (QED) is 0.878. The molecule has 1 N–H and O–H groups in total. The van der Waals surface area contributed by atoms with Crippen LogP contribution in [0.4, 0.5) is 0 Å². The lowest BCUT2D eigenvalue weighted by molar-refractivity contribution is -0.131. The van der Waals surface area contributed by atoms with E-state index in [2.05, 4.69) is 0 Å². The van der Waals surface area contributed by atoms with E-state index >= 15 is 0 Å². The highest BCUT2D eigenvalue weighted by Gasteiger charge is 2.11. The largest absolute Gasteiger partial charge is 0.393 e. The van der Waals surface area contributed by atoms with Crippen LogP contribution >= 0.6 is 11.6 Å². The van der Waals surface area contributed by atoms with Crippen molar-refractivity contribution in [1.29, 1.82) is 0 Å². The van der Waals surface area contributed by atoms with Gasteiger partial charge in [0.25, 0.3) is 0 Å². The fourth-order valence-corrected chi connectivity index (χ4v) is 1.69. The zero-order valence-corrected chi connectivity index (χ0v) is 10.9. The Morgan fingerprint density at radius 2 is 2.12 bits per heavy atom. The molecule has 0 saturated carbocycles. The maximum Gasteiger partial charge on any atom is 0.222 e. The maximum atomic E-state index is 11.7. The summed E-state index contributed by atoms with van der Waals surface area (Å²) in [6, 6.07) is 7.47. The molecule has 0 heterocycles. The van der Waals surface area contributed by atoms with Gasteiger partial charge in [0.15, 0.2) is 0 Å². The summed E-state index contributed by atoms with van der Waals surface area (Å²) < 4.78 is 0. The molecular weight excluding hydrogens is 238 g/mol. The van der Waals surface area contributed by atoms with E-state index in [1.807, 2.05) is 24.3 Å². The summed E-state index contributed by atoms with van der Waals surface area (Å²) in [5.74, 6) is 0.0193. The highest BCUT2D eigenvalue weighted by atomic mass is 35.5. The van der Waals surface area contributed by atoms with Gasteiger partial charge in [0, 0.05) is 25.0 Å². The molecule has 0 fully saturated rings. The molecule has 3 nitrogen and oxygen atoms in total. The first kappa shape index (κ1) is 14.0. The normalized spacial score (nSPS) is 12.2. The first-order valence-electron chi connectivity index (χ1n) is 5.66. The summed E-state index contributed by atoms with van der Waals surface area (Å²) in [6.07, 6.45) is 0.414. The van der Waals surface area contributed by atoms with Crippen molar-refractivity contribution in [2.45, 2.75) is 32.4 Å². The third kappa shape index (κ3) is 4.75. The number of rotatable bonds is 5. The predicted octanol–water partition coefficient (Wildman–Crippen LogP) is 2.46. The van der Waals surface area contributed by atoms with E-state index in [4.69, 9.17) is 16.7 Å². The van der Waals surface area contributed by atoms with Crippen molar-refractivity contribution in [3.63, 3.8) is 0 Å². The second-order valence-corrected chi connectivity index (χ2v) is 4.64. The van der Waals surface area contributed by atoms with Gasteiger partial charge in [0.2, 0.25) is 5.91 Å². The average molecular weight is 256 g/mol. The van der Waals surface area contributed by atoms with Crippen LogP contribution in [0.3, 0.4) is 0 Å². The molecule has 17 heavy (non-hydrogen) atoms. The minimum absolute atomic E-state index is 0.0193. The Hall–Kier alpha value is -1.06. The molecule has 1 atom stereocenters. The monoisotopic (exact) mass is 255 g/mol. The summed E-state index contributed by atoms with van der Waals surface area (Å²) in [5, 5.41) is 9.79. The molecule has 1 aromatic carbocycles. The van der Waals surface area contributed by atoms with Crippen LogP contribution in [-0.2, 0) is 11.3 Å². The predicted molar refractivity (Wildman–Crippen MR) is 68.8 cm³/mol. The molecule has 0 aromatic heterocycles. The third-order valence-electron chi connectivity index (χ3n) is 2.57. The summed E-state index contributed by atoms with van der Waals surface area (Å²) in [5.41, 5.74) is 0.932. The average Bonchev–Trinajstić information content (AvgIpc) is 2.28. The topological polar surface area (TPSA) is 40.5 Å². The Kier molecular flexibility index (Phi) is 5.45. The highest BCUT2D eigenvalue weighted by molar-refractivity contribution is 6.31. The van der Waals surface area contributed by atoms with Gasteiger partial charge in [-0.25, -0.2) is 0 Å². The molecular formula is C13H18ClNO2. The number of nitrogens with zero attached hydrogens (tertiary/aromatic N) is 1. The van der Waals surface area contributed by atoms with Crippen LogP contribution in [-0.4, -0.2) is 29.1 Å². The van der Waals surface area contributed by atoms with Crippen molar-refractivity contribution in [2.75, 3.05) is 7.05 Å². The van der Waals surface area contributed by atoms with Crippen LogP contribution in [0.5, 0.6) is 0 Å². The van der Waals surface area contributed by atoms with Crippen molar-refractivity contribution in [1.82, 2.24) is 4.90 Å². The molecule has 0 aliphatic rings. The van der Waals surface area contributed by atoms with Crippen molar-refractivity contribution < 1.29 is 9.90 Å². The number of aliphatic hydroxyl groups excluding tert-OH is 1. The van der Waals surface area contributed by atoms with Crippen molar-refractivity contribution in [2.24, 2.45) is 0 Å². The van der Waals surface area contributed by atoms with Gasteiger partial charge in [-0.2, -0.15) is 0 Å². The molecule has 1 amide bonds. The van der Waals surface area contributed by atoms with Gasteiger partial charge in [0.1, 0.15) is 0 Å². The molecule has 0 bridgehead atoms. The Balaban J connectivity index is 2.51. The van der Waals surface area contributed by atoms with Gasteiger partial charge in [-0.15, -0.1) is 0 Å². The number of aliphatic hydroxyl groups is 1. The zero-order valence-electron chi connectivity index (χ0n) is 10.2. The van der Waals surface area contributed by atoms with E-state index in [0.717, 1.165) is 5.56 Å². The van der Waals surface area contributed by atoms with Crippen LogP contribution in [0.2, 0.25) is 5.02 Å². The second kappa shape index (κ2) is 6.62. The van der Waals surface area contributed by atoms with E-state index < -0.39 is 6.10 Å². The number of halogens is 1. The number of carbonyl (C=O) groups is 1. The second-order valence-electron chi connectivity index (χ2n) is 4.23. The maximum absolute atomic E-state index is 11.7. The van der Waals surface area contributed by atoms with Gasteiger partial charge in [-0.3, -0.25) is 4.79 Å². The van der Waals surface area contributed by atoms with Gasteiger partial charge in [-0.1, -0.05) is 29.8 Å². The van der Waals surface area contributed by atoms with Crippen LogP contribution in [0, 0.1) is 0 Å². The fourth-order valence-electron chi connectivity index (χ4n) is 1.49. The van der Waals surface area contributed by atoms with Gasteiger partial charge >= 0.3 is 0 Å². The van der Waals surface area contributed by atoms with Crippen LogP contribution in [0.1, 0.15) is 25.3 Å². The van der Waals surface area contributed by atoms with Crippen molar-refractivity contribution in [3.05, 3.63) is 34.9 Å². The van der Waals surface area contributed by atoms with Crippen molar-refractivity contribution >= 4 is 17.5 Å². The molecule has 0 aliphatic heterocycles. The van der Waals surface area contributed by atoms with Gasteiger partial charge in [-0.05, 0) is 25.0 Å². The minimum atomic E-state index is -0.437. The van der Waals surface area contributed by atoms with Crippen LogP contribution < -0.4 is 0 Å². The number of hydrogen-bond acceptors (Lipinski definition) is 2. The third-order valence-corrected chi connectivity index (χ3v) is 2.94.